The highest BCUT2D eigenvalue weighted by Crippen LogP contribution is 2.20. The summed E-state index contributed by atoms with van der Waals surface area (Å²) in [6.45, 7) is 2.83. The summed E-state index contributed by atoms with van der Waals surface area (Å²) in [7, 11) is -3.07. The highest BCUT2D eigenvalue weighted by atomic mass is 32.2. The molecule has 1 fully saturated rings. The third-order valence-corrected chi connectivity index (χ3v) is 5.17. The molecule has 1 heterocycles. The lowest BCUT2D eigenvalue weighted by Crippen LogP contribution is -2.40. The molecular formula is C12H22N2O5S. The van der Waals surface area contributed by atoms with Crippen LogP contribution in [0.15, 0.2) is 0 Å². The van der Waals surface area contributed by atoms with E-state index in [0.29, 0.717) is 19.5 Å². The average molecular weight is 306 g/mol. The number of aliphatic carboxylic acids is 1. The van der Waals surface area contributed by atoms with Gasteiger partial charge in [-0.25, -0.2) is 13.2 Å². The molecule has 0 aromatic heterocycles. The number of nitrogens with one attached hydrogen (secondary N) is 1. The van der Waals surface area contributed by atoms with Crippen LogP contribution in [-0.4, -0.2) is 61.6 Å². The third-order valence-electron chi connectivity index (χ3n) is 3.47. The number of rotatable bonds is 7. The minimum atomic E-state index is -3.07. The maximum atomic E-state index is 11.8. The quantitative estimate of drug-likeness (QED) is 0.705. The van der Waals surface area contributed by atoms with Gasteiger partial charge in [0.25, 0.3) is 0 Å². The Balaban J connectivity index is 2.27. The Hall–Kier alpha value is -1.31. The topological polar surface area (TPSA) is 104 Å². The molecule has 0 aromatic carbocycles. The zero-order chi connectivity index (χ0) is 15.2. The number of amides is 2. The first-order valence-electron chi connectivity index (χ1n) is 6.79. The Bertz CT molecular complexity index is 449. The van der Waals surface area contributed by atoms with Gasteiger partial charge in [0.05, 0.1) is 5.75 Å². The summed E-state index contributed by atoms with van der Waals surface area (Å²) in [5.74, 6) is -0.580. The maximum absolute atomic E-state index is 11.8. The van der Waals surface area contributed by atoms with Crippen LogP contribution in [0.5, 0.6) is 0 Å². The monoisotopic (exact) mass is 306 g/mol. The van der Waals surface area contributed by atoms with Gasteiger partial charge in [-0.1, -0.05) is 6.92 Å². The molecule has 0 spiro atoms. The number of hydrogen-bond acceptors (Lipinski definition) is 4. The van der Waals surface area contributed by atoms with E-state index in [-0.39, 0.29) is 36.4 Å². The number of likely N-dealkylation sites (tertiary alicyclic amines) is 1. The maximum Gasteiger partial charge on any atom is 0.317 e. The van der Waals surface area contributed by atoms with Crippen molar-refractivity contribution in [1.82, 2.24) is 10.2 Å². The van der Waals surface area contributed by atoms with Crippen molar-refractivity contribution < 1.29 is 23.1 Å². The van der Waals surface area contributed by atoms with Crippen molar-refractivity contribution >= 4 is 21.8 Å². The van der Waals surface area contributed by atoms with Gasteiger partial charge >= 0.3 is 12.0 Å². The molecule has 116 valence electrons. The Morgan fingerprint density at radius 1 is 1.40 bits per heavy atom. The van der Waals surface area contributed by atoms with Crippen molar-refractivity contribution in [3.63, 3.8) is 0 Å². The van der Waals surface area contributed by atoms with Gasteiger partial charge in [0.1, 0.15) is 0 Å². The number of carbonyl (C=O) groups excluding carboxylic acids is 1. The lowest BCUT2D eigenvalue weighted by Gasteiger charge is -2.17. The van der Waals surface area contributed by atoms with Crippen molar-refractivity contribution in [3.8, 4) is 0 Å². The van der Waals surface area contributed by atoms with Crippen LogP contribution < -0.4 is 5.32 Å². The predicted octanol–water partition coefficient (Wildman–Crippen LogP) is 0.317. The molecule has 1 rings (SSSR count). The van der Waals surface area contributed by atoms with Crippen LogP contribution in [-0.2, 0) is 14.6 Å². The van der Waals surface area contributed by atoms with E-state index in [1.807, 2.05) is 0 Å². The van der Waals surface area contributed by atoms with Gasteiger partial charge in [-0.15, -0.1) is 0 Å². The number of nitrogens with zero attached hydrogens (tertiary/aromatic N) is 1. The van der Waals surface area contributed by atoms with E-state index in [1.165, 1.54) is 0 Å². The molecular weight excluding hydrogens is 284 g/mol. The summed E-state index contributed by atoms with van der Waals surface area (Å²) < 4.78 is 22.6. The summed E-state index contributed by atoms with van der Waals surface area (Å²) in [6, 6.07) is -0.269. The SMILES string of the molecule is CCS(=O)(=O)CCNC(=O)N1CCC(CCC(=O)O)C1. The molecule has 20 heavy (non-hydrogen) atoms. The largest absolute Gasteiger partial charge is 0.481 e. The van der Waals surface area contributed by atoms with Crippen LogP contribution in [0.1, 0.15) is 26.2 Å². The summed E-state index contributed by atoms with van der Waals surface area (Å²) in [5, 5.41) is 11.2. The fraction of sp³-hybridized carbons (Fsp3) is 0.833. The Labute approximate surface area is 119 Å². The highest BCUT2D eigenvalue weighted by molar-refractivity contribution is 7.91. The number of hydrogen-bond donors (Lipinski definition) is 2. The standard InChI is InChI=1S/C12H22N2O5S/c1-2-20(18,19)8-6-13-12(17)14-7-5-10(9-14)3-4-11(15)16/h10H,2-9H2,1H3,(H,13,17)(H,15,16). The Kier molecular flexibility index (Phi) is 6.25. The van der Waals surface area contributed by atoms with Gasteiger partial charge in [-0.3, -0.25) is 4.79 Å². The van der Waals surface area contributed by atoms with Crippen LogP contribution in [0.4, 0.5) is 4.79 Å². The average Bonchev–Trinajstić information content (AvgIpc) is 2.85. The Morgan fingerprint density at radius 2 is 2.10 bits per heavy atom. The second-order valence-corrected chi connectivity index (χ2v) is 7.47. The minimum absolute atomic E-state index is 0.0501. The van der Waals surface area contributed by atoms with Crippen molar-refractivity contribution in [1.29, 1.82) is 0 Å². The van der Waals surface area contributed by atoms with Gasteiger partial charge in [-0.2, -0.15) is 0 Å². The van der Waals surface area contributed by atoms with Crippen molar-refractivity contribution in [2.24, 2.45) is 5.92 Å². The summed E-state index contributed by atoms with van der Waals surface area (Å²) in [5.41, 5.74) is 0. The molecule has 2 amide bonds. The lowest BCUT2D eigenvalue weighted by molar-refractivity contribution is -0.137. The smallest absolute Gasteiger partial charge is 0.317 e. The van der Waals surface area contributed by atoms with Gasteiger partial charge in [-0.05, 0) is 18.8 Å². The minimum Gasteiger partial charge on any atom is -0.481 e. The summed E-state index contributed by atoms with van der Waals surface area (Å²) >= 11 is 0. The molecule has 8 heteroatoms. The third kappa shape index (κ3) is 5.77. The zero-order valence-corrected chi connectivity index (χ0v) is 12.5. The van der Waals surface area contributed by atoms with Crippen LogP contribution in [0.2, 0.25) is 0 Å². The molecule has 0 aromatic rings. The molecule has 2 N–H and O–H groups in total. The molecule has 1 aliphatic rings. The van der Waals surface area contributed by atoms with E-state index in [0.717, 1.165) is 6.42 Å². The first-order valence-corrected chi connectivity index (χ1v) is 8.61. The normalized spacial score (nSPS) is 19.1. The molecule has 0 aliphatic carbocycles. The molecule has 1 atom stereocenters. The van der Waals surface area contributed by atoms with E-state index >= 15 is 0 Å². The molecule has 0 saturated carbocycles. The van der Waals surface area contributed by atoms with Crippen LogP contribution in [0.3, 0.4) is 0 Å². The van der Waals surface area contributed by atoms with E-state index < -0.39 is 15.8 Å². The highest BCUT2D eigenvalue weighted by Gasteiger charge is 2.26. The fourth-order valence-corrected chi connectivity index (χ4v) is 2.85. The summed E-state index contributed by atoms with van der Waals surface area (Å²) in [4.78, 5) is 23.9. The number of carbonyl (C=O) groups is 2. The zero-order valence-electron chi connectivity index (χ0n) is 11.7. The van der Waals surface area contributed by atoms with Crippen molar-refractivity contribution in [2.75, 3.05) is 31.1 Å². The Morgan fingerprint density at radius 3 is 2.70 bits per heavy atom. The van der Waals surface area contributed by atoms with Crippen LogP contribution in [0.25, 0.3) is 0 Å². The first-order chi connectivity index (χ1) is 9.34. The predicted molar refractivity (Wildman–Crippen MR) is 74.3 cm³/mol. The van der Waals surface area contributed by atoms with E-state index in [2.05, 4.69) is 5.32 Å². The molecule has 1 saturated heterocycles. The van der Waals surface area contributed by atoms with Gasteiger partial charge in [0.2, 0.25) is 0 Å². The van der Waals surface area contributed by atoms with Crippen LogP contribution in [0, 0.1) is 5.92 Å². The van der Waals surface area contributed by atoms with E-state index in [9.17, 15) is 18.0 Å². The molecule has 7 nitrogen and oxygen atoms in total. The number of sulfone groups is 1. The van der Waals surface area contributed by atoms with Crippen molar-refractivity contribution in [3.05, 3.63) is 0 Å². The second-order valence-electron chi connectivity index (χ2n) is 5.00. The summed E-state index contributed by atoms with van der Waals surface area (Å²) in [6.07, 6.45) is 1.49. The van der Waals surface area contributed by atoms with Gasteiger partial charge < -0.3 is 15.3 Å². The number of carboxylic acids is 1. The van der Waals surface area contributed by atoms with Gasteiger partial charge in [0.15, 0.2) is 9.84 Å². The molecule has 0 radical (unpaired) electrons. The fourth-order valence-electron chi connectivity index (χ4n) is 2.15. The van der Waals surface area contributed by atoms with E-state index in [4.69, 9.17) is 5.11 Å². The van der Waals surface area contributed by atoms with Crippen LogP contribution >= 0.6 is 0 Å². The second kappa shape index (κ2) is 7.47. The number of urea groups is 1. The first kappa shape index (κ1) is 16.7. The molecule has 1 unspecified atom stereocenters. The molecule has 0 bridgehead atoms. The lowest BCUT2D eigenvalue weighted by atomic mass is 10.0. The van der Waals surface area contributed by atoms with E-state index in [1.54, 1.807) is 11.8 Å². The number of carboxylic acid groups (broad SMARTS) is 1. The molecule has 1 aliphatic heterocycles. The van der Waals surface area contributed by atoms with Crippen molar-refractivity contribution in [2.45, 2.75) is 26.2 Å². The van der Waals surface area contributed by atoms with Gasteiger partial charge in [0, 0.05) is 31.8 Å².